The Hall–Kier alpha value is -2.10. The van der Waals surface area contributed by atoms with Crippen molar-refractivity contribution >= 4 is 5.97 Å². The Balaban J connectivity index is 2.12. The summed E-state index contributed by atoms with van der Waals surface area (Å²) >= 11 is 0. The van der Waals surface area contributed by atoms with Crippen molar-refractivity contribution in [2.45, 2.75) is 64.3 Å². The average Bonchev–Trinajstić information content (AvgIpc) is 2.95. The highest BCUT2D eigenvalue weighted by Crippen LogP contribution is 2.39. The van der Waals surface area contributed by atoms with Crippen LogP contribution in [0.25, 0.3) is 0 Å². The predicted octanol–water partition coefficient (Wildman–Crippen LogP) is 4.51. The van der Waals surface area contributed by atoms with Gasteiger partial charge in [0.2, 0.25) is 0 Å². The number of hydrogen-bond acceptors (Lipinski definition) is 2. The van der Waals surface area contributed by atoms with Gasteiger partial charge in [-0.15, -0.1) is 0 Å². The Kier molecular flexibility index (Phi) is 4.74. The van der Waals surface area contributed by atoms with Crippen molar-refractivity contribution in [1.29, 1.82) is 0 Å². The summed E-state index contributed by atoms with van der Waals surface area (Å²) in [5.41, 5.74) is 3.50. The van der Waals surface area contributed by atoms with Crippen molar-refractivity contribution < 1.29 is 9.90 Å². The molecule has 1 aliphatic carbocycles. The van der Waals surface area contributed by atoms with Gasteiger partial charge in [-0.3, -0.25) is 4.79 Å². The quantitative estimate of drug-likeness (QED) is 0.879. The molecule has 0 bridgehead atoms. The molecule has 4 heteroatoms. The van der Waals surface area contributed by atoms with E-state index in [9.17, 15) is 9.90 Å². The Morgan fingerprint density at radius 3 is 2.62 bits per heavy atom. The normalized spacial score (nSPS) is 18.4. The zero-order chi connectivity index (χ0) is 17.3. The fourth-order valence-corrected chi connectivity index (χ4v) is 3.89. The molecule has 24 heavy (non-hydrogen) atoms. The lowest BCUT2D eigenvalue weighted by Crippen LogP contribution is -2.21. The van der Waals surface area contributed by atoms with Gasteiger partial charge in [0.05, 0.1) is 18.2 Å². The molecule has 0 radical (unpaired) electrons. The summed E-state index contributed by atoms with van der Waals surface area (Å²) in [6.07, 6.45) is 3.11. The number of aliphatic carboxylic acids is 1. The van der Waals surface area contributed by atoms with Crippen molar-refractivity contribution in [1.82, 2.24) is 9.55 Å². The van der Waals surface area contributed by atoms with Gasteiger partial charge in [0.15, 0.2) is 0 Å². The molecule has 1 N–H and O–H groups in total. The van der Waals surface area contributed by atoms with Gasteiger partial charge in [-0.2, -0.15) is 0 Å². The number of nitrogens with zero attached hydrogens (tertiary/aromatic N) is 2. The number of aryl methyl sites for hydroxylation is 1. The van der Waals surface area contributed by atoms with Crippen LogP contribution in [0, 0.1) is 0 Å². The Bertz CT molecular complexity index is 719. The molecule has 128 valence electrons. The van der Waals surface area contributed by atoms with E-state index < -0.39 is 5.97 Å². The molecule has 2 atom stereocenters. The number of aromatic nitrogens is 2. The first-order valence-electron chi connectivity index (χ1n) is 8.86. The summed E-state index contributed by atoms with van der Waals surface area (Å²) in [5.74, 6) is 0.734. The molecule has 1 aromatic carbocycles. The fourth-order valence-electron chi connectivity index (χ4n) is 3.89. The lowest BCUT2D eigenvalue weighted by molar-refractivity contribution is -0.137. The van der Waals surface area contributed by atoms with Gasteiger partial charge in [0, 0.05) is 17.5 Å². The lowest BCUT2D eigenvalue weighted by atomic mass is 9.87. The summed E-state index contributed by atoms with van der Waals surface area (Å²) in [6.45, 7) is 6.51. The lowest BCUT2D eigenvalue weighted by Gasteiger charge is -2.27. The summed E-state index contributed by atoms with van der Waals surface area (Å²) < 4.78 is 2.32. The van der Waals surface area contributed by atoms with Gasteiger partial charge in [0.1, 0.15) is 5.82 Å². The van der Waals surface area contributed by atoms with E-state index >= 15 is 0 Å². The molecule has 4 nitrogen and oxygen atoms in total. The number of hydrogen-bond donors (Lipinski definition) is 1. The van der Waals surface area contributed by atoms with E-state index in [-0.39, 0.29) is 18.4 Å². The molecular formula is C20H26N2O2. The van der Waals surface area contributed by atoms with E-state index in [0.29, 0.717) is 5.92 Å². The highest BCUT2D eigenvalue weighted by molar-refractivity contribution is 5.68. The van der Waals surface area contributed by atoms with Gasteiger partial charge in [-0.1, -0.05) is 44.2 Å². The summed E-state index contributed by atoms with van der Waals surface area (Å²) in [6, 6.07) is 10.6. The first-order chi connectivity index (χ1) is 11.5. The second kappa shape index (κ2) is 6.80. The van der Waals surface area contributed by atoms with Crippen LogP contribution in [0.2, 0.25) is 0 Å². The summed E-state index contributed by atoms with van der Waals surface area (Å²) in [5, 5.41) is 9.32. The zero-order valence-electron chi connectivity index (χ0n) is 14.7. The average molecular weight is 326 g/mol. The number of carboxylic acid groups (broad SMARTS) is 1. The highest BCUT2D eigenvalue weighted by Gasteiger charge is 2.32. The smallest absolute Gasteiger partial charge is 0.304 e. The van der Waals surface area contributed by atoms with Crippen LogP contribution in [-0.4, -0.2) is 20.6 Å². The first kappa shape index (κ1) is 16.7. The molecule has 0 amide bonds. The van der Waals surface area contributed by atoms with E-state index in [1.807, 2.05) is 6.07 Å². The van der Waals surface area contributed by atoms with Crippen LogP contribution < -0.4 is 0 Å². The molecule has 1 heterocycles. The molecule has 0 fully saturated rings. The van der Waals surface area contributed by atoms with Crippen LogP contribution >= 0.6 is 0 Å². The zero-order valence-corrected chi connectivity index (χ0v) is 14.7. The van der Waals surface area contributed by atoms with Gasteiger partial charge in [0.25, 0.3) is 0 Å². The van der Waals surface area contributed by atoms with Crippen LogP contribution in [0.5, 0.6) is 0 Å². The van der Waals surface area contributed by atoms with Gasteiger partial charge in [-0.25, -0.2) is 4.98 Å². The predicted molar refractivity (Wildman–Crippen MR) is 94.5 cm³/mol. The molecule has 0 saturated carbocycles. The maximum atomic E-state index is 11.3. The monoisotopic (exact) mass is 326 g/mol. The number of rotatable bonds is 5. The Morgan fingerprint density at radius 1 is 1.29 bits per heavy atom. The van der Waals surface area contributed by atoms with E-state index in [1.54, 1.807) is 0 Å². The maximum Gasteiger partial charge on any atom is 0.304 e. The van der Waals surface area contributed by atoms with Crippen molar-refractivity contribution in [2.75, 3.05) is 0 Å². The first-order valence-corrected chi connectivity index (χ1v) is 8.86. The van der Waals surface area contributed by atoms with E-state index in [1.165, 1.54) is 5.56 Å². The topological polar surface area (TPSA) is 55.1 Å². The van der Waals surface area contributed by atoms with Crippen LogP contribution in [0.1, 0.15) is 80.7 Å². The second-order valence-electron chi connectivity index (χ2n) is 7.10. The Labute approximate surface area is 143 Å². The van der Waals surface area contributed by atoms with Crippen molar-refractivity contribution in [3.05, 3.63) is 53.1 Å². The van der Waals surface area contributed by atoms with Crippen molar-refractivity contribution in [3.63, 3.8) is 0 Å². The molecule has 2 aromatic rings. The van der Waals surface area contributed by atoms with Crippen LogP contribution in [0.4, 0.5) is 0 Å². The van der Waals surface area contributed by atoms with E-state index in [0.717, 1.165) is 36.5 Å². The largest absolute Gasteiger partial charge is 0.481 e. The minimum Gasteiger partial charge on any atom is -0.481 e. The molecule has 0 spiro atoms. The molecular weight excluding hydrogens is 300 g/mol. The third kappa shape index (κ3) is 3.10. The molecule has 0 aliphatic heterocycles. The molecule has 2 unspecified atom stereocenters. The summed E-state index contributed by atoms with van der Waals surface area (Å²) in [4.78, 5) is 16.3. The number of fused-ring (bicyclic) bond motifs is 1. The minimum absolute atomic E-state index is 0.0670. The van der Waals surface area contributed by atoms with Gasteiger partial charge < -0.3 is 9.67 Å². The second-order valence-corrected chi connectivity index (χ2v) is 7.10. The van der Waals surface area contributed by atoms with Crippen LogP contribution in [-0.2, 0) is 11.2 Å². The standard InChI is InChI=1S/C20H26N2O2/c1-13(2)20-21-17-11-7-10-16(12-18(23)24)19(17)22(20)14(3)15-8-5-4-6-9-15/h4-6,8-9,13-14,16H,7,10-12H2,1-3H3,(H,23,24). The summed E-state index contributed by atoms with van der Waals surface area (Å²) in [7, 11) is 0. The van der Waals surface area contributed by atoms with E-state index in [4.69, 9.17) is 4.98 Å². The number of benzene rings is 1. The SMILES string of the molecule is CC(C)c1nc2c(n1C(C)c1ccccc1)C(CC(=O)O)CCC2. The van der Waals surface area contributed by atoms with Crippen LogP contribution in [0.3, 0.4) is 0 Å². The van der Waals surface area contributed by atoms with Crippen LogP contribution in [0.15, 0.2) is 30.3 Å². The minimum atomic E-state index is -0.723. The number of carbonyl (C=O) groups is 1. The number of carboxylic acids is 1. The molecule has 1 aliphatic rings. The van der Waals surface area contributed by atoms with Crippen molar-refractivity contribution in [2.24, 2.45) is 0 Å². The third-order valence-corrected chi connectivity index (χ3v) is 5.01. The number of imidazole rings is 1. The Morgan fingerprint density at radius 2 is 2.00 bits per heavy atom. The van der Waals surface area contributed by atoms with E-state index in [2.05, 4.69) is 49.6 Å². The van der Waals surface area contributed by atoms with Gasteiger partial charge in [-0.05, 0) is 31.7 Å². The molecule has 3 rings (SSSR count). The third-order valence-electron chi connectivity index (χ3n) is 5.01. The maximum absolute atomic E-state index is 11.3. The van der Waals surface area contributed by atoms with Crippen molar-refractivity contribution in [3.8, 4) is 0 Å². The molecule has 0 saturated heterocycles. The molecule has 1 aromatic heterocycles. The fraction of sp³-hybridized carbons (Fsp3) is 0.500. The van der Waals surface area contributed by atoms with Gasteiger partial charge >= 0.3 is 5.97 Å². The highest BCUT2D eigenvalue weighted by atomic mass is 16.4.